The van der Waals surface area contributed by atoms with Crippen LogP contribution in [0, 0.1) is 11.7 Å². The Kier molecular flexibility index (Phi) is 6.52. The number of carbonyl (C=O) groups is 2. The van der Waals surface area contributed by atoms with Crippen molar-refractivity contribution in [2.24, 2.45) is 5.92 Å². The predicted molar refractivity (Wildman–Crippen MR) is 103 cm³/mol. The van der Waals surface area contributed by atoms with Crippen LogP contribution in [-0.4, -0.2) is 41.3 Å². The molecule has 0 aliphatic carbocycles. The Hall–Kier alpha value is -2.32. The molecule has 1 aliphatic heterocycles. The van der Waals surface area contributed by atoms with Crippen LogP contribution >= 0.6 is 11.3 Å². The summed E-state index contributed by atoms with van der Waals surface area (Å²) in [6.07, 6.45) is 2.48. The molecule has 0 bridgehead atoms. The van der Waals surface area contributed by atoms with Gasteiger partial charge in [0.25, 0.3) is 5.91 Å². The maximum absolute atomic E-state index is 13.6. The molecule has 2 aromatic rings. The number of piperidine rings is 1. The van der Waals surface area contributed by atoms with Crippen LogP contribution in [0.2, 0.25) is 0 Å². The van der Waals surface area contributed by atoms with Crippen molar-refractivity contribution in [1.29, 1.82) is 0 Å². The van der Waals surface area contributed by atoms with Crippen LogP contribution in [0.15, 0.2) is 29.6 Å². The average Bonchev–Trinajstić information content (AvgIpc) is 3.07. The molecule has 2 amide bonds. The van der Waals surface area contributed by atoms with Gasteiger partial charge < -0.3 is 10.6 Å². The molecule has 3 rings (SSSR count). The number of halogens is 1. The zero-order chi connectivity index (χ0) is 19.2. The lowest BCUT2D eigenvalue weighted by Gasteiger charge is -2.30. The summed E-state index contributed by atoms with van der Waals surface area (Å²) in [5.74, 6) is -0.934. The lowest BCUT2D eigenvalue weighted by Crippen LogP contribution is -2.34. The molecular formula is C19H23FN4O2S. The average molecular weight is 390 g/mol. The first-order valence-corrected chi connectivity index (χ1v) is 9.88. The van der Waals surface area contributed by atoms with Gasteiger partial charge in [-0.1, -0.05) is 19.1 Å². The molecule has 8 heteroatoms. The summed E-state index contributed by atoms with van der Waals surface area (Å²) < 4.78 is 13.6. The number of amides is 2. The Morgan fingerprint density at radius 2 is 2.19 bits per heavy atom. The number of rotatable bonds is 6. The summed E-state index contributed by atoms with van der Waals surface area (Å²) in [5.41, 5.74) is 0.845. The highest BCUT2D eigenvalue weighted by atomic mass is 32.1. The highest BCUT2D eigenvalue weighted by molar-refractivity contribution is 7.13. The molecule has 1 unspecified atom stereocenters. The van der Waals surface area contributed by atoms with Crippen LogP contribution < -0.4 is 10.6 Å². The number of likely N-dealkylation sites (tertiary alicyclic amines) is 1. The van der Waals surface area contributed by atoms with Gasteiger partial charge in [-0.15, -0.1) is 11.3 Å². The van der Waals surface area contributed by atoms with Crippen LogP contribution in [0.3, 0.4) is 0 Å². The second kappa shape index (κ2) is 9.05. The summed E-state index contributed by atoms with van der Waals surface area (Å²) in [6, 6.07) is 5.65. The molecule has 27 heavy (non-hydrogen) atoms. The largest absolute Gasteiger partial charge is 0.343 e. The van der Waals surface area contributed by atoms with Crippen molar-refractivity contribution in [3.63, 3.8) is 0 Å². The van der Waals surface area contributed by atoms with Crippen molar-refractivity contribution in [3.8, 4) is 0 Å². The molecule has 2 heterocycles. The Morgan fingerprint density at radius 3 is 2.96 bits per heavy atom. The predicted octanol–water partition coefficient (Wildman–Crippen LogP) is 2.88. The summed E-state index contributed by atoms with van der Waals surface area (Å²) in [4.78, 5) is 30.8. The minimum Gasteiger partial charge on any atom is -0.343 e. The van der Waals surface area contributed by atoms with Gasteiger partial charge in [0, 0.05) is 18.5 Å². The third kappa shape index (κ3) is 5.58. The van der Waals surface area contributed by atoms with E-state index in [2.05, 4.69) is 27.4 Å². The first-order chi connectivity index (χ1) is 13.0. The van der Waals surface area contributed by atoms with Gasteiger partial charge in [-0.2, -0.15) is 0 Å². The molecule has 1 aliphatic rings. The van der Waals surface area contributed by atoms with E-state index in [0.29, 0.717) is 11.0 Å². The fourth-order valence-electron chi connectivity index (χ4n) is 3.16. The quantitative estimate of drug-likeness (QED) is 0.795. The number of carbonyl (C=O) groups excluding carboxylic acids is 2. The number of nitrogens with one attached hydrogen (secondary N) is 2. The standard InChI is InChI=1S/C19H23FN4O2S/c1-13-5-4-8-24(10-13)11-14-12-27-19(22-14)23-17(25)9-21-18(26)15-6-2-3-7-16(15)20/h2-3,6-7,12-13H,4-5,8-11H2,1H3,(H,21,26)(H,22,23,25). The smallest absolute Gasteiger partial charge is 0.254 e. The Labute approximate surface area is 161 Å². The summed E-state index contributed by atoms with van der Waals surface area (Å²) >= 11 is 1.36. The maximum atomic E-state index is 13.6. The van der Waals surface area contributed by atoms with Gasteiger partial charge in [0.05, 0.1) is 17.8 Å². The van der Waals surface area contributed by atoms with Gasteiger partial charge >= 0.3 is 0 Å². The molecule has 1 fully saturated rings. The van der Waals surface area contributed by atoms with E-state index in [-0.39, 0.29) is 12.1 Å². The van der Waals surface area contributed by atoms with E-state index in [1.54, 1.807) is 6.07 Å². The van der Waals surface area contributed by atoms with Gasteiger partial charge in [0.1, 0.15) is 5.82 Å². The van der Waals surface area contributed by atoms with E-state index >= 15 is 0 Å². The zero-order valence-electron chi connectivity index (χ0n) is 15.2. The molecule has 144 valence electrons. The van der Waals surface area contributed by atoms with Gasteiger partial charge in [-0.05, 0) is 37.4 Å². The van der Waals surface area contributed by atoms with Crippen LogP contribution in [0.4, 0.5) is 9.52 Å². The van der Waals surface area contributed by atoms with Gasteiger partial charge in [0.15, 0.2) is 5.13 Å². The lowest BCUT2D eigenvalue weighted by molar-refractivity contribution is -0.115. The zero-order valence-corrected chi connectivity index (χ0v) is 16.0. The molecule has 6 nitrogen and oxygen atoms in total. The van der Waals surface area contributed by atoms with Crippen molar-refractivity contribution < 1.29 is 14.0 Å². The topological polar surface area (TPSA) is 74.3 Å². The number of anilines is 1. The lowest BCUT2D eigenvalue weighted by atomic mass is 10.0. The number of benzene rings is 1. The van der Waals surface area contributed by atoms with E-state index in [1.165, 1.54) is 42.4 Å². The first kappa shape index (κ1) is 19.4. The Bertz CT molecular complexity index is 811. The highest BCUT2D eigenvalue weighted by Crippen LogP contribution is 2.20. The van der Waals surface area contributed by atoms with Gasteiger partial charge in [-0.25, -0.2) is 9.37 Å². The molecular weight excluding hydrogens is 367 g/mol. The van der Waals surface area contributed by atoms with Crippen molar-refractivity contribution >= 4 is 28.3 Å². The van der Waals surface area contributed by atoms with Crippen LogP contribution in [0.25, 0.3) is 0 Å². The molecule has 0 radical (unpaired) electrons. The normalized spacial score (nSPS) is 17.5. The molecule has 1 atom stereocenters. The van der Waals surface area contributed by atoms with Crippen molar-refractivity contribution in [3.05, 3.63) is 46.7 Å². The van der Waals surface area contributed by atoms with Crippen LogP contribution in [0.5, 0.6) is 0 Å². The molecule has 2 N–H and O–H groups in total. The second-order valence-corrected chi connectivity index (χ2v) is 7.70. The molecule has 1 aromatic carbocycles. The maximum Gasteiger partial charge on any atom is 0.254 e. The third-order valence-corrected chi connectivity index (χ3v) is 5.26. The fourth-order valence-corrected chi connectivity index (χ4v) is 3.88. The van der Waals surface area contributed by atoms with Crippen LogP contribution in [-0.2, 0) is 11.3 Å². The number of hydrogen-bond acceptors (Lipinski definition) is 5. The minimum absolute atomic E-state index is 0.0856. The van der Waals surface area contributed by atoms with Gasteiger partial charge in [-0.3, -0.25) is 14.5 Å². The number of aromatic nitrogens is 1. The summed E-state index contributed by atoms with van der Waals surface area (Å²) in [7, 11) is 0. The number of nitrogens with zero attached hydrogens (tertiary/aromatic N) is 2. The summed E-state index contributed by atoms with van der Waals surface area (Å²) in [5, 5.41) is 7.52. The highest BCUT2D eigenvalue weighted by Gasteiger charge is 2.18. The monoisotopic (exact) mass is 390 g/mol. The number of thiazole rings is 1. The van der Waals surface area contributed by atoms with Crippen molar-refractivity contribution in [2.45, 2.75) is 26.3 Å². The summed E-state index contributed by atoms with van der Waals surface area (Å²) in [6.45, 7) is 4.94. The minimum atomic E-state index is -0.623. The van der Waals surface area contributed by atoms with E-state index in [9.17, 15) is 14.0 Å². The van der Waals surface area contributed by atoms with E-state index in [1.807, 2.05) is 5.38 Å². The van der Waals surface area contributed by atoms with E-state index in [0.717, 1.165) is 25.3 Å². The van der Waals surface area contributed by atoms with Gasteiger partial charge in [0.2, 0.25) is 5.91 Å². The Balaban J connectivity index is 1.46. The van der Waals surface area contributed by atoms with Crippen molar-refractivity contribution in [1.82, 2.24) is 15.2 Å². The Morgan fingerprint density at radius 1 is 1.37 bits per heavy atom. The van der Waals surface area contributed by atoms with E-state index < -0.39 is 17.6 Å². The fraction of sp³-hybridized carbons (Fsp3) is 0.421. The number of hydrogen-bond donors (Lipinski definition) is 2. The van der Waals surface area contributed by atoms with Crippen LogP contribution in [0.1, 0.15) is 35.8 Å². The first-order valence-electron chi connectivity index (χ1n) is 9.00. The van der Waals surface area contributed by atoms with Crippen molar-refractivity contribution in [2.75, 3.05) is 25.0 Å². The van der Waals surface area contributed by atoms with E-state index in [4.69, 9.17) is 0 Å². The molecule has 1 saturated heterocycles. The second-order valence-electron chi connectivity index (χ2n) is 6.84. The molecule has 1 aromatic heterocycles. The molecule has 0 saturated carbocycles. The molecule has 0 spiro atoms. The SMILES string of the molecule is CC1CCCN(Cc2csc(NC(=O)CNC(=O)c3ccccc3F)n2)C1. The third-order valence-electron chi connectivity index (χ3n) is 4.45.